The minimum atomic E-state index is -4.72. The van der Waals surface area contributed by atoms with Crippen LogP contribution >= 0.6 is 11.6 Å². The van der Waals surface area contributed by atoms with Crippen molar-refractivity contribution in [2.24, 2.45) is 16.7 Å². The molecule has 0 atom stereocenters. The molecule has 0 aliphatic carbocycles. The van der Waals surface area contributed by atoms with Crippen molar-refractivity contribution in [3.05, 3.63) is 76.6 Å². The van der Waals surface area contributed by atoms with Crippen molar-refractivity contribution in [1.29, 1.82) is 5.26 Å². The number of ether oxygens (including phenoxy) is 1. The van der Waals surface area contributed by atoms with E-state index in [-0.39, 0.29) is 46.1 Å². The molecule has 0 spiro atoms. The van der Waals surface area contributed by atoms with Crippen LogP contribution in [0.4, 0.5) is 18.9 Å². The van der Waals surface area contributed by atoms with Crippen molar-refractivity contribution in [3.63, 3.8) is 0 Å². The molecule has 0 aliphatic heterocycles. The number of anilines is 1. The van der Waals surface area contributed by atoms with Crippen LogP contribution in [-0.4, -0.2) is 30.4 Å². The largest absolute Gasteiger partial charge is 0.491 e. The van der Waals surface area contributed by atoms with Crippen molar-refractivity contribution in [1.82, 2.24) is 4.98 Å². The molecule has 1 amide bonds. The molecule has 12 heteroatoms. The van der Waals surface area contributed by atoms with Crippen molar-refractivity contribution >= 4 is 29.0 Å². The van der Waals surface area contributed by atoms with Gasteiger partial charge >= 0.3 is 6.18 Å². The molecular weight excluding hydrogens is 497 g/mol. The Bertz CT molecular complexity index is 1350. The highest BCUT2D eigenvalue weighted by Gasteiger charge is 2.33. The van der Waals surface area contributed by atoms with Gasteiger partial charge in [0.25, 0.3) is 5.91 Å². The summed E-state index contributed by atoms with van der Waals surface area (Å²) in [6, 6.07) is 13.5. The van der Waals surface area contributed by atoms with Gasteiger partial charge < -0.3 is 21.2 Å². The van der Waals surface area contributed by atoms with Crippen molar-refractivity contribution in [2.75, 3.05) is 18.6 Å². The van der Waals surface area contributed by atoms with Crippen LogP contribution in [-0.2, 0) is 6.18 Å². The Morgan fingerprint density at radius 2 is 1.94 bits per heavy atom. The van der Waals surface area contributed by atoms with E-state index >= 15 is 0 Å². The standard InChI is InChI=1S/C24H20ClF3N6O2/c1-34(19-4-2-3-5-20(19)36-9-8-22(30)33-31)23(35)14-6-7-18(25)16(10-14)17-13-32-21(24(26,27)28)11-15(17)12-29/h2-7,10-11,13H,8-9,31H2,1H3,(H2,30,33). The first-order valence-corrected chi connectivity index (χ1v) is 10.7. The lowest BCUT2D eigenvalue weighted by Crippen LogP contribution is -2.27. The first-order valence-electron chi connectivity index (χ1n) is 10.4. The SMILES string of the molecule is CN(C(=O)c1ccc(Cl)c(-c2cnc(C(F)(F)F)cc2C#N)c1)c1ccccc1OCC/C(N)=N/N. The second-order valence-electron chi connectivity index (χ2n) is 7.47. The van der Waals surface area contributed by atoms with Crippen LogP contribution in [0.3, 0.4) is 0 Å². The monoisotopic (exact) mass is 516 g/mol. The summed E-state index contributed by atoms with van der Waals surface area (Å²) in [5.74, 6) is 5.28. The summed E-state index contributed by atoms with van der Waals surface area (Å²) >= 11 is 6.28. The molecule has 36 heavy (non-hydrogen) atoms. The number of alkyl halides is 3. The Hall–Kier alpha value is -4.30. The van der Waals surface area contributed by atoms with Crippen LogP contribution in [0.2, 0.25) is 5.02 Å². The van der Waals surface area contributed by atoms with E-state index in [9.17, 15) is 23.2 Å². The number of hydrogen-bond donors (Lipinski definition) is 2. The molecule has 0 saturated carbocycles. The number of carbonyl (C=O) groups is 1. The summed E-state index contributed by atoms with van der Waals surface area (Å²) < 4.78 is 44.8. The zero-order valence-electron chi connectivity index (χ0n) is 18.9. The molecule has 0 fully saturated rings. The number of carbonyl (C=O) groups excluding carboxylic acids is 1. The molecule has 0 unspecified atom stereocenters. The number of amidine groups is 1. The molecule has 186 valence electrons. The summed E-state index contributed by atoms with van der Waals surface area (Å²) in [5.41, 5.74) is 4.97. The molecule has 3 aromatic rings. The van der Waals surface area contributed by atoms with Gasteiger partial charge in [-0.05, 0) is 36.4 Å². The van der Waals surface area contributed by atoms with Gasteiger partial charge in [-0.2, -0.15) is 23.5 Å². The fourth-order valence-electron chi connectivity index (χ4n) is 3.27. The normalized spacial score (nSPS) is 11.6. The van der Waals surface area contributed by atoms with Crippen molar-refractivity contribution in [2.45, 2.75) is 12.6 Å². The van der Waals surface area contributed by atoms with Crippen LogP contribution in [0.15, 0.2) is 59.8 Å². The Balaban J connectivity index is 1.94. The number of amides is 1. The number of hydrogen-bond acceptors (Lipinski definition) is 6. The number of hydrazone groups is 1. The maximum absolute atomic E-state index is 13.3. The van der Waals surface area contributed by atoms with Gasteiger partial charge in [-0.15, -0.1) is 0 Å². The molecule has 3 rings (SSSR count). The number of aromatic nitrogens is 1. The maximum atomic E-state index is 13.3. The lowest BCUT2D eigenvalue weighted by atomic mass is 9.99. The maximum Gasteiger partial charge on any atom is 0.433 e. The Kier molecular flexibility index (Phi) is 8.01. The van der Waals surface area contributed by atoms with Crippen LogP contribution in [0, 0.1) is 11.3 Å². The molecule has 1 heterocycles. The van der Waals surface area contributed by atoms with E-state index in [1.807, 2.05) is 0 Å². The second kappa shape index (κ2) is 11.0. The Morgan fingerprint density at radius 1 is 1.22 bits per heavy atom. The van der Waals surface area contributed by atoms with E-state index in [0.717, 1.165) is 6.20 Å². The molecule has 2 aromatic carbocycles. The molecule has 8 nitrogen and oxygen atoms in total. The summed E-state index contributed by atoms with van der Waals surface area (Å²) in [4.78, 5) is 18.1. The highest BCUT2D eigenvalue weighted by molar-refractivity contribution is 6.33. The molecule has 1 aromatic heterocycles. The smallest absolute Gasteiger partial charge is 0.433 e. The summed E-state index contributed by atoms with van der Waals surface area (Å²) in [6.07, 6.45) is -3.52. The van der Waals surface area contributed by atoms with Crippen LogP contribution < -0.4 is 21.2 Å². The number of nitrogens with zero attached hydrogens (tertiary/aromatic N) is 4. The van der Waals surface area contributed by atoms with Crippen LogP contribution in [0.5, 0.6) is 5.75 Å². The van der Waals surface area contributed by atoms with Crippen LogP contribution in [0.25, 0.3) is 11.1 Å². The van der Waals surface area contributed by atoms with Gasteiger partial charge in [0.05, 0.1) is 23.9 Å². The quantitative estimate of drug-likeness (QED) is 0.205. The number of halogens is 4. The number of nitrogens with two attached hydrogens (primary N) is 2. The number of rotatable bonds is 7. The van der Waals surface area contributed by atoms with Gasteiger partial charge in [-0.25, -0.2) is 0 Å². The number of para-hydroxylation sites is 2. The second-order valence-corrected chi connectivity index (χ2v) is 7.88. The lowest BCUT2D eigenvalue weighted by molar-refractivity contribution is -0.141. The van der Waals surface area contributed by atoms with Crippen LogP contribution in [0.1, 0.15) is 28.0 Å². The minimum Gasteiger partial charge on any atom is -0.491 e. The Morgan fingerprint density at radius 3 is 2.61 bits per heavy atom. The topological polar surface area (TPSA) is 131 Å². The highest BCUT2D eigenvalue weighted by Crippen LogP contribution is 2.35. The number of pyridine rings is 1. The molecule has 0 radical (unpaired) electrons. The molecule has 0 bridgehead atoms. The molecule has 0 aliphatic rings. The van der Waals surface area contributed by atoms with Gasteiger partial charge in [0.1, 0.15) is 17.3 Å². The fourth-order valence-corrected chi connectivity index (χ4v) is 3.49. The fraction of sp³-hybridized carbons (Fsp3) is 0.167. The summed E-state index contributed by atoms with van der Waals surface area (Å²) in [7, 11) is 1.54. The van der Waals surface area contributed by atoms with Crippen molar-refractivity contribution < 1.29 is 22.7 Å². The third-order valence-electron chi connectivity index (χ3n) is 5.13. The average Bonchev–Trinajstić information content (AvgIpc) is 2.87. The lowest BCUT2D eigenvalue weighted by Gasteiger charge is -2.21. The van der Waals surface area contributed by atoms with Gasteiger partial charge in [0, 0.05) is 41.4 Å². The third kappa shape index (κ3) is 5.84. The number of nitriles is 1. The van der Waals surface area contributed by atoms with E-state index < -0.39 is 17.8 Å². The molecule has 0 saturated heterocycles. The Labute approximate surface area is 209 Å². The third-order valence-corrected chi connectivity index (χ3v) is 5.46. The molecule has 4 N–H and O–H groups in total. The first kappa shape index (κ1) is 26.3. The highest BCUT2D eigenvalue weighted by atomic mass is 35.5. The number of benzene rings is 2. The van der Waals surface area contributed by atoms with Gasteiger partial charge in [-0.3, -0.25) is 9.78 Å². The minimum absolute atomic E-state index is 0.0655. The van der Waals surface area contributed by atoms with Gasteiger partial charge in [-0.1, -0.05) is 23.7 Å². The predicted molar refractivity (Wildman–Crippen MR) is 129 cm³/mol. The van der Waals surface area contributed by atoms with Gasteiger partial charge in [0.15, 0.2) is 0 Å². The summed E-state index contributed by atoms with van der Waals surface area (Å²) in [6.45, 7) is 0.175. The van der Waals surface area contributed by atoms with E-state index in [0.29, 0.717) is 17.5 Å². The van der Waals surface area contributed by atoms with E-state index in [2.05, 4.69) is 10.1 Å². The average molecular weight is 517 g/mol. The van der Waals surface area contributed by atoms with Crippen molar-refractivity contribution in [3.8, 4) is 22.9 Å². The first-order chi connectivity index (χ1) is 17.1. The van der Waals surface area contributed by atoms with Gasteiger partial charge in [0.2, 0.25) is 0 Å². The molecular formula is C24H20ClF3N6O2. The predicted octanol–water partition coefficient (Wildman–Crippen LogP) is 4.57. The zero-order valence-corrected chi connectivity index (χ0v) is 19.6. The van der Waals surface area contributed by atoms with E-state index in [4.69, 9.17) is 27.9 Å². The zero-order chi connectivity index (χ0) is 26.5. The van der Waals surface area contributed by atoms with E-state index in [1.165, 1.54) is 30.1 Å². The van der Waals surface area contributed by atoms with E-state index in [1.54, 1.807) is 30.3 Å². The summed E-state index contributed by atoms with van der Waals surface area (Å²) in [5, 5.41) is 12.9.